The highest BCUT2D eigenvalue weighted by molar-refractivity contribution is 7.93. The number of aromatic carboxylic acids is 1. The van der Waals surface area contributed by atoms with Crippen LogP contribution < -0.4 is 9.46 Å². The lowest BCUT2D eigenvalue weighted by Crippen LogP contribution is -2.14. The van der Waals surface area contributed by atoms with Crippen LogP contribution in [0.1, 0.15) is 15.9 Å². The second-order valence-corrected chi connectivity index (χ2v) is 7.40. The Morgan fingerprint density at radius 2 is 1.73 bits per heavy atom. The Bertz CT molecular complexity index is 1110. The number of hydrogen-bond acceptors (Lipinski definition) is 4. The Kier molecular flexibility index (Phi) is 4.56. The first-order chi connectivity index (χ1) is 12.3. The predicted molar refractivity (Wildman–Crippen MR) is 99.4 cm³/mol. The molecular formula is C19H17NO5S. The van der Waals surface area contributed by atoms with Gasteiger partial charge in [0.1, 0.15) is 5.75 Å². The van der Waals surface area contributed by atoms with E-state index < -0.39 is 16.0 Å². The van der Waals surface area contributed by atoms with Crippen molar-refractivity contribution in [1.82, 2.24) is 0 Å². The van der Waals surface area contributed by atoms with Crippen molar-refractivity contribution in [1.29, 1.82) is 0 Å². The van der Waals surface area contributed by atoms with Crippen molar-refractivity contribution in [3.63, 3.8) is 0 Å². The molecule has 0 saturated heterocycles. The lowest BCUT2D eigenvalue weighted by atomic mass is 10.1. The maximum absolute atomic E-state index is 12.9. The van der Waals surface area contributed by atoms with E-state index in [1.165, 1.54) is 25.3 Å². The van der Waals surface area contributed by atoms with Crippen LogP contribution in [0, 0.1) is 6.92 Å². The first-order valence-electron chi connectivity index (χ1n) is 7.76. The summed E-state index contributed by atoms with van der Waals surface area (Å²) in [4.78, 5) is 11.4. The minimum atomic E-state index is -3.92. The molecule has 0 unspecified atom stereocenters. The third-order valence-corrected chi connectivity index (χ3v) is 5.51. The fourth-order valence-electron chi connectivity index (χ4n) is 2.78. The number of ether oxygens (including phenoxy) is 1. The summed E-state index contributed by atoms with van der Waals surface area (Å²) in [7, 11) is -2.40. The van der Waals surface area contributed by atoms with Crippen LogP contribution in [0.2, 0.25) is 0 Å². The highest BCUT2D eigenvalue weighted by Gasteiger charge is 2.20. The average Bonchev–Trinajstić information content (AvgIpc) is 2.61. The molecule has 0 radical (unpaired) electrons. The zero-order valence-corrected chi connectivity index (χ0v) is 15.0. The zero-order valence-electron chi connectivity index (χ0n) is 14.2. The standard InChI is InChI=1S/C19H17NO5S/c1-12-7-8-13(11-16(12)19(21)22)20-26(23,24)18-10-9-17(25-2)14-5-3-4-6-15(14)18/h3-11,20H,1-2H3,(H,21,22). The molecule has 134 valence electrons. The number of anilines is 1. The Morgan fingerprint density at radius 1 is 1.04 bits per heavy atom. The van der Waals surface area contributed by atoms with Gasteiger partial charge in [-0.2, -0.15) is 0 Å². The molecule has 7 heteroatoms. The van der Waals surface area contributed by atoms with Gasteiger partial charge in [-0.25, -0.2) is 13.2 Å². The molecule has 0 aromatic heterocycles. The van der Waals surface area contributed by atoms with Crippen LogP contribution in [0.4, 0.5) is 5.69 Å². The minimum Gasteiger partial charge on any atom is -0.496 e. The first-order valence-corrected chi connectivity index (χ1v) is 9.24. The highest BCUT2D eigenvalue weighted by Crippen LogP contribution is 2.32. The number of benzene rings is 3. The van der Waals surface area contributed by atoms with E-state index in [-0.39, 0.29) is 16.1 Å². The Morgan fingerprint density at radius 3 is 2.38 bits per heavy atom. The van der Waals surface area contributed by atoms with Crippen molar-refractivity contribution >= 4 is 32.5 Å². The van der Waals surface area contributed by atoms with Gasteiger partial charge in [0.05, 0.1) is 17.6 Å². The number of nitrogens with one attached hydrogen (secondary N) is 1. The maximum Gasteiger partial charge on any atom is 0.336 e. The average molecular weight is 371 g/mol. The number of fused-ring (bicyclic) bond motifs is 1. The van der Waals surface area contributed by atoms with E-state index >= 15 is 0 Å². The number of methoxy groups -OCH3 is 1. The summed E-state index contributed by atoms with van der Waals surface area (Å²) in [6, 6.07) is 14.5. The van der Waals surface area contributed by atoms with Crippen molar-refractivity contribution in [2.75, 3.05) is 11.8 Å². The Labute approximate surface area is 151 Å². The van der Waals surface area contributed by atoms with Gasteiger partial charge >= 0.3 is 5.97 Å². The molecule has 0 amide bonds. The Balaban J connectivity index is 2.09. The highest BCUT2D eigenvalue weighted by atomic mass is 32.2. The molecule has 26 heavy (non-hydrogen) atoms. The fourth-order valence-corrected chi connectivity index (χ4v) is 4.04. The number of aryl methyl sites for hydroxylation is 1. The molecule has 3 rings (SSSR count). The van der Waals surface area contributed by atoms with Crippen LogP contribution in [0.3, 0.4) is 0 Å². The summed E-state index contributed by atoms with van der Waals surface area (Å²) >= 11 is 0. The fraction of sp³-hybridized carbons (Fsp3) is 0.105. The van der Waals surface area contributed by atoms with E-state index in [1.54, 1.807) is 43.3 Å². The monoisotopic (exact) mass is 371 g/mol. The van der Waals surface area contributed by atoms with Crippen LogP contribution in [0.25, 0.3) is 10.8 Å². The van der Waals surface area contributed by atoms with Crippen molar-refractivity contribution in [3.8, 4) is 5.75 Å². The molecule has 2 N–H and O–H groups in total. The summed E-state index contributed by atoms with van der Waals surface area (Å²) in [6.07, 6.45) is 0. The number of sulfonamides is 1. The summed E-state index contributed by atoms with van der Waals surface area (Å²) in [5.41, 5.74) is 0.785. The summed E-state index contributed by atoms with van der Waals surface area (Å²) in [5, 5.41) is 10.4. The topological polar surface area (TPSA) is 92.7 Å². The molecule has 3 aromatic carbocycles. The van der Waals surface area contributed by atoms with Gasteiger partial charge in [-0.1, -0.05) is 30.3 Å². The van der Waals surface area contributed by atoms with E-state index in [0.717, 1.165) is 0 Å². The molecule has 0 spiro atoms. The van der Waals surface area contributed by atoms with Crippen LogP contribution in [-0.4, -0.2) is 26.6 Å². The minimum absolute atomic E-state index is 0.0461. The molecule has 0 atom stereocenters. The molecular weight excluding hydrogens is 354 g/mol. The largest absolute Gasteiger partial charge is 0.496 e. The van der Waals surface area contributed by atoms with Crippen LogP contribution >= 0.6 is 0 Å². The van der Waals surface area contributed by atoms with E-state index in [4.69, 9.17) is 4.74 Å². The van der Waals surface area contributed by atoms with Gasteiger partial charge in [0.15, 0.2) is 0 Å². The van der Waals surface area contributed by atoms with E-state index in [1.807, 2.05) is 0 Å². The molecule has 0 fully saturated rings. The number of carboxylic acid groups (broad SMARTS) is 1. The molecule has 0 bridgehead atoms. The summed E-state index contributed by atoms with van der Waals surface area (Å²) in [5.74, 6) is -0.540. The van der Waals surface area contributed by atoms with Crippen LogP contribution in [0.15, 0.2) is 59.5 Å². The van der Waals surface area contributed by atoms with E-state index in [2.05, 4.69) is 4.72 Å². The Hall–Kier alpha value is -3.06. The van der Waals surface area contributed by atoms with Gasteiger partial charge in [0.2, 0.25) is 0 Å². The third kappa shape index (κ3) is 3.21. The molecule has 0 aliphatic rings. The smallest absolute Gasteiger partial charge is 0.336 e. The van der Waals surface area contributed by atoms with Gasteiger partial charge in [-0.3, -0.25) is 4.72 Å². The molecule has 0 saturated carbocycles. The number of carboxylic acids is 1. The third-order valence-electron chi connectivity index (χ3n) is 4.07. The van der Waals surface area contributed by atoms with Gasteiger partial charge in [0, 0.05) is 16.5 Å². The van der Waals surface area contributed by atoms with Crippen molar-refractivity contribution in [2.45, 2.75) is 11.8 Å². The normalized spacial score (nSPS) is 11.3. The maximum atomic E-state index is 12.9. The zero-order chi connectivity index (χ0) is 18.9. The molecule has 0 aliphatic carbocycles. The molecule has 0 aliphatic heterocycles. The second-order valence-electron chi connectivity index (χ2n) is 5.75. The molecule has 0 heterocycles. The van der Waals surface area contributed by atoms with Crippen LogP contribution in [0.5, 0.6) is 5.75 Å². The van der Waals surface area contributed by atoms with Gasteiger partial charge in [0.25, 0.3) is 10.0 Å². The first kappa shape index (κ1) is 17.8. The van der Waals surface area contributed by atoms with Gasteiger partial charge in [-0.15, -0.1) is 0 Å². The SMILES string of the molecule is COc1ccc(S(=O)(=O)Nc2ccc(C)c(C(=O)O)c2)c2ccccc12. The molecule has 6 nitrogen and oxygen atoms in total. The van der Waals surface area contributed by atoms with Gasteiger partial charge < -0.3 is 9.84 Å². The second kappa shape index (κ2) is 6.68. The lowest BCUT2D eigenvalue weighted by molar-refractivity contribution is 0.0696. The summed E-state index contributed by atoms with van der Waals surface area (Å²) < 4.78 is 33.5. The number of hydrogen-bond donors (Lipinski definition) is 2. The van der Waals surface area contributed by atoms with Crippen molar-refractivity contribution in [2.24, 2.45) is 0 Å². The number of rotatable bonds is 5. The van der Waals surface area contributed by atoms with Crippen molar-refractivity contribution in [3.05, 3.63) is 65.7 Å². The van der Waals surface area contributed by atoms with Crippen molar-refractivity contribution < 1.29 is 23.1 Å². The quantitative estimate of drug-likeness (QED) is 0.714. The van der Waals surface area contributed by atoms with Gasteiger partial charge in [-0.05, 0) is 36.8 Å². The lowest BCUT2D eigenvalue weighted by Gasteiger charge is -2.13. The molecule has 3 aromatic rings. The van der Waals surface area contributed by atoms with E-state index in [0.29, 0.717) is 22.1 Å². The number of carbonyl (C=O) groups is 1. The summed E-state index contributed by atoms with van der Waals surface area (Å²) in [6.45, 7) is 1.65. The predicted octanol–water partition coefficient (Wildman–Crippen LogP) is 3.66. The van der Waals surface area contributed by atoms with Crippen LogP contribution in [-0.2, 0) is 10.0 Å². The van der Waals surface area contributed by atoms with E-state index in [9.17, 15) is 18.3 Å².